The predicted octanol–water partition coefficient (Wildman–Crippen LogP) is 7.68. The fourth-order valence-electron chi connectivity index (χ4n) is 5.01. The lowest BCUT2D eigenvalue weighted by molar-refractivity contribution is 0.0563. The van der Waals surface area contributed by atoms with Crippen molar-refractivity contribution in [1.82, 2.24) is 5.32 Å². The number of sulfonamides is 1. The molecule has 1 heterocycles. The maximum absolute atomic E-state index is 15.4. The Balaban J connectivity index is 1.97. The van der Waals surface area contributed by atoms with E-state index in [2.05, 4.69) is 14.4 Å². The van der Waals surface area contributed by atoms with Crippen molar-refractivity contribution < 1.29 is 27.0 Å². The second-order valence-corrected chi connectivity index (χ2v) is 18.0. The van der Waals surface area contributed by atoms with Gasteiger partial charge in [0.15, 0.2) is 0 Å². The smallest absolute Gasteiger partial charge is 0.413 e. The van der Waals surface area contributed by atoms with Crippen LogP contribution in [0.25, 0.3) is 11.1 Å². The summed E-state index contributed by atoms with van der Waals surface area (Å²) in [4.78, 5) is 24.0. The summed E-state index contributed by atoms with van der Waals surface area (Å²) in [5.41, 5.74) is 9.23. The van der Waals surface area contributed by atoms with E-state index in [1.807, 2.05) is 39.0 Å². The van der Waals surface area contributed by atoms with Crippen molar-refractivity contribution in [2.45, 2.75) is 66.0 Å². The second kappa shape index (κ2) is 14.1. The minimum atomic E-state index is -4.64. The molecule has 15 heteroatoms. The van der Waals surface area contributed by atoms with Crippen molar-refractivity contribution in [3.05, 3.63) is 88.3 Å². The first-order valence-electron chi connectivity index (χ1n) is 14.5. The Hall–Kier alpha value is -4.18. The van der Waals surface area contributed by atoms with Crippen LogP contribution >= 0.6 is 23.1 Å². The van der Waals surface area contributed by atoms with Crippen LogP contribution in [0.3, 0.4) is 0 Å². The molecule has 0 radical (unpaired) electrons. The number of nitrogens with zero attached hydrogens (tertiary/aromatic N) is 1. The van der Waals surface area contributed by atoms with Gasteiger partial charge in [-0.05, 0) is 106 Å². The Kier molecular flexibility index (Phi) is 10.8. The number of hydrogen-bond donors (Lipinski definition) is 4. The molecule has 1 aromatic heterocycles. The summed E-state index contributed by atoms with van der Waals surface area (Å²) in [6.07, 6.45) is 0.884. The number of urea groups is 1. The molecule has 0 spiro atoms. The SMILES string of the molecule is CSc1sc(C(=N)NC(=O)OC(C)(C)C)cc1S(=O)(=NS(=O)(=O)c1cccc(NC(N)=O)c1)c1cccc(-c2c(C)cc(C)cc2C)c1. The van der Waals surface area contributed by atoms with Crippen LogP contribution in [0.1, 0.15) is 42.3 Å². The molecule has 0 saturated carbocycles. The number of nitrogens with one attached hydrogen (secondary N) is 3. The first kappa shape index (κ1) is 36.7. The lowest BCUT2D eigenvalue weighted by Gasteiger charge is -2.19. The predicted molar refractivity (Wildman–Crippen MR) is 192 cm³/mol. The number of carbonyl (C=O) groups excluding carboxylic acids is 2. The molecule has 11 nitrogen and oxygen atoms in total. The number of amidine groups is 1. The number of carbonyl (C=O) groups is 2. The highest BCUT2D eigenvalue weighted by Gasteiger charge is 2.29. The zero-order valence-electron chi connectivity index (χ0n) is 27.5. The normalized spacial score (nSPS) is 12.9. The lowest BCUT2D eigenvalue weighted by atomic mass is 9.94. The largest absolute Gasteiger partial charge is 0.444 e. The van der Waals surface area contributed by atoms with Gasteiger partial charge in [-0.15, -0.1) is 23.1 Å². The molecule has 0 aliphatic carbocycles. The summed E-state index contributed by atoms with van der Waals surface area (Å²) in [6, 6.07) is 16.7. The summed E-state index contributed by atoms with van der Waals surface area (Å²) in [6.45, 7) is 11.0. The maximum Gasteiger partial charge on any atom is 0.413 e. The van der Waals surface area contributed by atoms with E-state index in [9.17, 15) is 18.0 Å². The topological polar surface area (TPSA) is 181 Å². The van der Waals surface area contributed by atoms with E-state index in [4.69, 9.17) is 15.9 Å². The number of nitrogens with two attached hydrogens (primary N) is 1. The number of primary amides is 1. The molecule has 4 aromatic rings. The van der Waals surface area contributed by atoms with Gasteiger partial charge >= 0.3 is 12.1 Å². The van der Waals surface area contributed by atoms with Crippen LogP contribution in [0.5, 0.6) is 0 Å². The van der Waals surface area contributed by atoms with Crippen LogP contribution in [0.15, 0.2) is 89.4 Å². The highest BCUT2D eigenvalue weighted by atomic mass is 32.3. The summed E-state index contributed by atoms with van der Waals surface area (Å²) >= 11 is 2.26. The third-order valence-corrected chi connectivity index (χ3v) is 13.6. The van der Waals surface area contributed by atoms with Crippen LogP contribution in [0, 0.1) is 26.2 Å². The molecule has 0 bridgehead atoms. The van der Waals surface area contributed by atoms with Gasteiger partial charge in [-0.25, -0.2) is 13.8 Å². The Morgan fingerprint density at radius 3 is 2.17 bits per heavy atom. The Morgan fingerprint density at radius 1 is 0.938 bits per heavy atom. The molecule has 5 N–H and O–H groups in total. The standard InChI is InChI=1S/C33H37N5O6S4/c1-19-14-20(2)28(21(3)15-19)22-10-8-12-24(16-22)47(41,38-48(42,43)25-13-9-11-23(17-25)36-31(35)39)27-18-26(46-30(27)45-7)29(34)37-32(40)44-33(4,5)6/h8-18H,1-7H3,(H2,34,37,40)(H3,35,36,39). The molecular weight excluding hydrogens is 691 g/mol. The van der Waals surface area contributed by atoms with Crippen molar-refractivity contribution >= 4 is 66.5 Å². The van der Waals surface area contributed by atoms with Crippen LogP contribution in [-0.4, -0.2) is 42.4 Å². The minimum absolute atomic E-state index is 0.0650. The van der Waals surface area contributed by atoms with Gasteiger partial charge in [0.1, 0.15) is 21.2 Å². The van der Waals surface area contributed by atoms with E-state index < -0.39 is 37.5 Å². The van der Waals surface area contributed by atoms with E-state index in [-0.39, 0.29) is 31.1 Å². The highest BCUT2D eigenvalue weighted by Crippen LogP contribution is 2.40. The average Bonchev–Trinajstić information content (AvgIpc) is 3.41. The van der Waals surface area contributed by atoms with Crippen LogP contribution in [-0.2, 0) is 24.5 Å². The molecule has 0 aliphatic heterocycles. The molecule has 1 atom stereocenters. The number of thioether (sulfide) groups is 1. The second-order valence-electron chi connectivity index (χ2n) is 11.9. The Labute approximate surface area is 289 Å². The van der Waals surface area contributed by atoms with Gasteiger partial charge in [0.05, 0.1) is 23.8 Å². The number of anilines is 1. The van der Waals surface area contributed by atoms with Crippen molar-refractivity contribution in [1.29, 1.82) is 5.41 Å². The zero-order chi connectivity index (χ0) is 35.6. The quantitative estimate of drug-likeness (QED) is 0.0816. The van der Waals surface area contributed by atoms with Crippen molar-refractivity contribution in [2.75, 3.05) is 11.6 Å². The minimum Gasteiger partial charge on any atom is -0.444 e. The summed E-state index contributed by atoms with van der Waals surface area (Å²) in [5, 5.41) is 13.3. The third kappa shape index (κ3) is 8.45. The van der Waals surface area contributed by atoms with Crippen molar-refractivity contribution in [2.24, 2.45) is 9.50 Å². The zero-order valence-corrected chi connectivity index (χ0v) is 30.7. The van der Waals surface area contributed by atoms with E-state index in [0.717, 1.165) is 39.2 Å². The van der Waals surface area contributed by atoms with E-state index >= 15 is 4.21 Å². The fourth-order valence-corrected chi connectivity index (χ4v) is 11.6. The highest BCUT2D eigenvalue weighted by molar-refractivity contribution is 8.05. The molecule has 0 aliphatic rings. The summed E-state index contributed by atoms with van der Waals surface area (Å²) < 4.78 is 53.2. The van der Waals surface area contributed by atoms with Crippen molar-refractivity contribution in [3.63, 3.8) is 0 Å². The lowest BCUT2D eigenvalue weighted by Crippen LogP contribution is -2.36. The monoisotopic (exact) mass is 727 g/mol. The van der Waals surface area contributed by atoms with Crippen LogP contribution in [0.2, 0.25) is 0 Å². The molecule has 0 saturated heterocycles. The molecule has 0 fully saturated rings. The Bertz CT molecular complexity index is 2140. The number of amides is 3. The molecule has 3 amide bonds. The van der Waals surface area contributed by atoms with Gasteiger partial charge in [-0.1, -0.05) is 39.7 Å². The number of benzene rings is 3. The fraction of sp³-hybridized carbons (Fsp3) is 0.242. The first-order valence-corrected chi connectivity index (χ1v) is 19.5. The molecule has 254 valence electrons. The number of thiophene rings is 1. The van der Waals surface area contributed by atoms with Crippen LogP contribution < -0.4 is 16.4 Å². The van der Waals surface area contributed by atoms with Crippen LogP contribution in [0.4, 0.5) is 15.3 Å². The molecular formula is C33H37N5O6S4. The maximum atomic E-state index is 15.4. The molecule has 3 aromatic carbocycles. The van der Waals surface area contributed by atoms with E-state index in [1.54, 1.807) is 45.2 Å². The third-order valence-electron chi connectivity index (χ3n) is 6.74. The molecule has 48 heavy (non-hydrogen) atoms. The van der Waals surface area contributed by atoms with Gasteiger partial charge in [-0.3, -0.25) is 10.7 Å². The summed E-state index contributed by atoms with van der Waals surface area (Å²) in [7, 11) is -8.63. The first-order chi connectivity index (χ1) is 22.3. The van der Waals surface area contributed by atoms with Gasteiger partial charge < -0.3 is 15.8 Å². The van der Waals surface area contributed by atoms with E-state index in [0.29, 0.717) is 4.21 Å². The summed E-state index contributed by atoms with van der Waals surface area (Å²) in [5.74, 6) is -0.315. The van der Waals surface area contributed by atoms with E-state index in [1.165, 1.54) is 42.1 Å². The number of alkyl carbamates (subject to hydrolysis) is 1. The van der Waals surface area contributed by atoms with Gasteiger partial charge in [0.2, 0.25) is 0 Å². The Morgan fingerprint density at radius 2 is 1.56 bits per heavy atom. The number of rotatable bonds is 8. The molecule has 4 rings (SSSR count). The van der Waals surface area contributed by atoms with Gasteiger partial charge in [0.25, 0.3) is 10.0 Å². The van der Waals surface area contributed by atoms with Crippen molar-refractivity contribution in [3.8, 4) is 11.1 Å². The number of ether oxygens (including phenoxy) is 1. The van der Waals surface area contributed by atoms with Gasteiger partial charge in [-0.2, -0.15) is 8.42 Å². The number of aryl methyl sites for hydroxylation is 3. The van der Waals surface area contributed by atoms with Gasteiger partial charge in [0, 0.05) is 5.69 Å². The molecule has 1 unspecified atom stereocenters. The number of hydrogen-bond acceptors (Lipinski definition) is 9. The average molecular weight is 728 g/mol.